The molecule has 3 rings (SSSR count). The van der Waals surface area contributed by atoms with Gasteiger partial charge in [-0.15, -0.1) is 11.3 Å². The molecule has 0 atom stereocenters. The second kappa shape index (κ2) is 7.66. The molecule has 130 valence electrons. The Morgan fingerprint density at radius 3 is 2.96 bits per heavy atom. The van der Waals surface area contributed by atoms with Gasteiger partial charge >= 0.3 is 5.97 Å². The number of H-pyrrole nitrogens is 1. The summed E-state index contributed by atoms with van der Waals surface area (Å²) < 4.78 is 5.95. The summed E-state index contributed by atoms with van der Waals surface area (Å²) in [6.45, 7) is 2.02. The van der Waals surface area contributed by atoms with Gasteiger partial charge in [0.1, 0.15) is 11.4 Å². The van der Waals surface area contributed by atoms with Crippen molar-refractivity contribution in [2.45, 2.75) is 6.92 Å². The number of aromatic nitrogens is 2. The number of halogens is 1. The minimum Gasteiger partial charge on any atom is -0.462 e. The number of fused-ring (bicyclic) bond motifs is 1. The van der Waals surface area contributed by atoms with Crippen LogP contribution in [0.2, 0.25) is 0 Å². The van der Waals surface area contributed by atoms with Crippen molar-refractivity contribution < 1.29 is 14.3 Å². The highest BCUT2D eigenvalue weighted by molar-refractivity contribution is 9.10. The molecule has 0 bridgehead atoms. The summed E-state index contributed by atoms with van der Waals surface area (Å²) in [4.78, 5) is 31.7. The minimum atomic E-state index is -0.491. The first kappa shape index (κ1) is 17.4. The van der Waals surface area contributed by atoms with Crippen LogP contribution in [0.15, 0.2) is 34.2 Å². The van der Waals surface area contributed by atoms with Crippen molar-refractivity contribution in [1.82, 2.24) is 9.97 Å². The van der Waals surface area contributed by atoms with Crippen molar-refractivity contribution in [1.29, 1.82) is 0 Å². The van der Waals surface area contributed by atoms with Gasteiger partial charge in [-0.2, -0.15) is 0 Å². The van der Waals surface area contributed by atoms with Crippen molar-refractivity contribution in [3.8, 4) is 0 Å². The first-order chi connectivity index (χ1) is 12.1. The SMILES string of the molecule is CCOC(=O)c1c(NC(=O)CNc2nccs2)[nH]c2ccc(Br)cc12. The minimum absolute atomic E-state index is 0.0365. The second-order valence-corrected chi connectivity index (χ2v) is 6.83. The molecule has 3 N–H and O–H groups in total. The Kier molecular flexibility index (Phi) is 5.34. The van der Waals surface area contributed by atoms with Crippen LogP contribution < -0.4 is 10.6 Å². The maximum absolute atomic E-state index is 12.3. The highest BCUT2D eigenvalue weighted by Crippen LogP contribution is 2.29. The molecule has 0 aliphatic carbocycles. The molecular formula is C16H15BrN4O3S. The number of benzene rings is 1. The zero-order valence-corrected chi connectivity index (χ0v) is 15.7. The van der Waals surface area contributed by atoms with E-state index in [0.717, 1.165) is 9.99 Å². The number of thiazole rings is 1. The van der Waals surface area contributed by atoms with Crippen LogP contribution in [-0.4, -0.2) is 35.0 Å². The number of carbonyl (C=O) groups excluding carboxylic acids is 2. The topological polar surface area (TPSA) is 96.1 Å². The number of hydrogen-bond acceptors (Lipinski definition) is 6. The maximum atomic E-state index is 12.3. The summed E-state index contributed by atoms with van der Waals surface area (Å²) in [7, 11) is 0. The van der Waals surface area contributed by atoms with Crippen LogP contribution in [0.5, 0.6) is 0 Å². The predicted octanol–water partition coefficient (Wildman–Crippen LogP) is 3.61. The Labute approximate surface area is 155 Å². The Hall–Kier alpha value is -2.39. The molecule has 0 radical (unpaired) electrons. The van der Waals surface area contributed by atoms with Crippen LogP contribution in [0.1, 0.15) is 17.3 Å². The van der Waals surface area contributed by atoms with E-state index < -0.39 is 5.97 Å². The lowest BCUT2D eigenvalue weighted by Crippen LogP contribution is -2.23. The quantitative estimate of drug-likeness (QED) is 0.527. The van der Waals surface area contributed by atoms with Crippen LogP contribution in [0.4, 0.5) is 10.9 Å². The largest absolute Gasteiger partial charge is 0.462 e. The predicted molar refractivity (Wildman–Crippen MR) is 101 cm³/mol. The number of nitrogens with zero attached hydrogens (tertiary/aromatic N) is 1. The molecule has 25 heavy (non-hydrogen) atoms. The molecule has 2 aromatic heterocycles. The number of rotatable bonds is 6. The lowest BCUT2D eigenvalue weighted by atomic mass is 10.1. The average Bonchev–Trinajstić information content (AvgIpc) is 3.20. The smallest absolute Gasteiger partial charge is 0.342 e. The molecule has 0 aliphatic rings. The Bertz CT molecular complexity index is 908. The Morgan fingerprint density at radius 2 is 2.24 bits per heavy atom. The van der Waals surface area contributed by atoms with Gasteiger partial charge in [-0.3, -0.25) is 4.79 Å². The van der Waals surface area contributed by atoms with Gasteiger partial charge in [0.2, 0.25) is 5.91 Å². The molecule has 2 heterocycles. The van der Waals surface area contributed by atoms with Crippen LogP contribution in [0.3, 0.4) is 0 Å². The van der Waals surface area contributed by atoms with Crippen LogP contribution in [0, 0.1) is 0 Å². The third kappa shape index (κ3) is 3.99. The summed E-state index contributed by atoms with van der Waals surface area (Å²) >= 11 is 4.79. The van der Waals surface area contributed by atoms with Gasteiger partial charge in [0.15, 0.2) is 5.13 Å². The van der Waals surface area contributed by atoms with Crippen LogP contribution in [0.25, 0.3) is 10.9 Å². The number of hydrogen-bond donors (Lipinski definition) is 3. The van der Waals surface area contributed by atoms with Gasteiger partial charge < -0.3 is 20.4 Å². The van der Waals surface area contributed by atoms with E-state index in [1.165, 1.54) is 11.3 Å². The van der Waals surface area contributed by atoms with Gasteiger partial charge in [0, 0.05) is 27.0 Å². The fourth-order valence-electron chi connectivity index (χ4n) is 2.32. The van der Waals surface area contributed by atoms with Crippen LogP contribution >= 0.6 is 27.3 Å². The van der Waals surface area contributed by atoms with E-state index in [9.17, 15) is 9.59 Å². The molecule has 0 spiro atoms. The van der Waals surface area contributed by atoms with Crippen LogP contribution in [-0.2, 0) is 9.53 Å². The first-order valence-electron chi connectivity index (χ1n) is 7.50. The highest BCUT2D eigenvalue weighted by Gasteiger charge is 2.21. The Morgan fingerprint density at radius 1 is 1.40 bits per heavy atom. The number of amides is 1. The average molecular weight is 423 g/mol. The van der Waals surface area contributed by atoms with E-state index in [-0.39, 0.29) is 19.1 Å². The standard InChI is InChI=1S/C16H15BrN4O3S/c1-2-24-15(23)13-10-7-9(17)3-4-11(10)20-14(13)21-12(22)8-19-16-18-5-6-25-16/h3-7,20H,2,8H2,1H3,(H,18,19)(H,21,22). The number of nitrogens with one attached hydrogen (secondary N) is 3. The Balaban J connectivity index is 1.85. The molecule has 0 unspecified atom stereocenters. The number of esters is 1. The van der Waals surface area contributed by atoms with E-state index in [0.29, 0.717) is 21.9 Å². The van der Waals surface area contributed by atoms with Gasteiger partial charge in [-0.05, 0) is 25.1 Å². The molecule has 7 nitrogen and oxygen atoms in total. The monoisotopic (exact) mass is 422 g/mol. The third-order valence-electron chi connectivity index (χ3n) is 3.34. The lowest BCUT2D eigenvalue weighted by molar-refractivity contribution is -0.114. The van der Waals surface area contributed by atoms with E-state index >= 15 is 0 Å². The zero-order valence-electron chi connectivity index (χ0n) is 13.3. The molecule has 0 saturated heterocycles. The fraction of sp³-hybridized carbons (Fsp3) is 0.188. The number of anilines is 2. The van der Waals surface area contributed by atoms with Gasteiger partial charge in [-0.1, -0.05) is 15.9 Å². The van der Waals surface area contributed by atoms with Crippen molar-refractivity contribution in [3.05, 3.63) is 39.8 Å². The molecule has 1 aromatic carbocycles. The van der Waals surface area contributed by atoms with Gasteiger partial charge in [-0.25, -0.2) is 9.78 Å². The number of ether oxygens (including phenoxy) is 1. The first-order valence-corrected chi connectivity index (χ1v) is 9.17. The number of carbonyl (C=O) groups is 2. The third-order valence-corrected chi connectivity index (χ3v) is 4.56. The van der Waals surface area contributed by atoms with Crippen molar-refractivity contribution in [3.63, 3.8) is 0 Å². The zero-order chi connectivity index (χ0) is 17.8. The summed E-state index contributed by atoms with van der Waals surface area (Å²) in [6, 6.07) is 5.48. The molecule has 9 heteroatoms. The molecule has 1 amide bonds. The lowest BCUT2D eigenvalue weighted by Gasteiger charge is -2.07. The summed E-state index contributed by atoms with van der Waals surface area (Å²) in [5.41, 5.74) is 1.04. The normalized spacial score (nSPS) is 10.6. The molecule has 0 aliphatic heterocycles. The molecular weight excluding hydrogens is 408 g/mol. The maximum Gasteiger partial charge on any atom is 0.342 e. The highest BCUT2D eigenvalue weighted by atomic mass is 79.9. The van der Waals surface area contributed by atoms with Crippen molar-refractivity contribution in [2.75, 3.05) is 23.8 Å². The van der Waals surface area contributed by atoms with E-state index in [2.05, 4.69) is 36.5 Å². The second-order valence-electron chi connectivity index (χ2n) is 5.02. The molecule has 0 fully saturated rings. The van der Waals surface area contributed by atoms with Gasteiger partial charge in [0.05, 0.1) is 13.2 Å². The van der Waals surface area contributed by atoms with Gasteiger partial charge in [0.25, 0.3) is 0 Å². The van der Waals surface area contributed by atoms with E-state index in [1.807, 2.05) is 23.6 Å². The van der Waals surface area contributed by atoms with Crippen molar-refractivity contribution >= 4 is 61.0 Å². The van der Waals surface area contributed by atoms with E-state index in [4.69, 9.17) is 4.74 Å². The fourth-order valence-corrected chi connectivity index (χ4v) is 3.21. The van der Waals surface area contributed by atoms with Crippen molar-refractivity contribution in [2.24, 2.45) is 0 Å². The molecule has 3 aromatic rings. The summed E-state index contributed by atoms with van der Waals surface area (Å²) in [5.74, 6) is -0.473. The number of aromatic amines is 1. The summed E-state index contributed by atoms with van der Waals surface area (Å²) in [6.07, 6.45) is 1.65. The molecule has 0 saturated carbocycles. The van der Waals surface area contributed by atoms with E-state index in [1.54, 1.807) is 13.1 Å². The summed E-state index contributed by atoms with van der Waals surface area (Å²) in [5, 5.41) is 8.79.